The molecule has 1 saturated carbocycles. The van der Waals surface area contributed by atoms with Gasteiger partial charge in [-0.3, -0.25) is 14.5 Å². The molecule has 4 fully saturated rings. The van der Waals surface area contributed by atoms with E-state index >= 15 is 0 Å². The molecule has 0 unspecified atom stereocenters. The van der Waals surface area contributed by atoms with Crippen molar-refractivity contribution in [3.05, 3.63) is 17.7 Å². The average molecular weight is 398 g/mol. The molecule has 1 amide bonds. The number of piperidine rings is 1. The lowest BCUT2D eigenvalue weighted by Gasteiger charge is -2.61. The molecule has 29 heavy (non-hydrogen) atoms. The number of ether oxygens (including phenoxy) is 1. The van der Waals surface area contributed by atoms with E-state index in [-0.39, 0.29) is 34.8 Å². The number of rotatable bonds is 1. The van der Waals surface area contributed by atoms with Gasteiger partial charge in [0.15, 0.2) is 17.2 Å². The lowest BCUT2D eigenvalue weighted by atomic mass is 9.50. The van der Waals surface area contributed by atoms with Gasteiger partial charge in [0.2, 0.25) is 5.91 Å². The van der Waals surface area contributed by atoms with Crippen LogP contribution in [0.25, 0.3) is 0 Å². The van der Waals surface area contributed by atoms with Crippen LogP contribution < -0.4 is 4.90 Å². The van der Waals surface area contributed by atoms with Gasteiger partial charge in [-0.25, -0.2) is 0 Å². The third-order valence-electron chi connectivity index (χ3n) is 8.57. The fourth-order valence-corrected chi connectivity index (χ4v) is 7.80. The highest BCUT2D eigenvalue weighted by atomic mass is 16.6. The summed E-state index contributed by atoms with van der Waals surface area (Å²) >= 11 is 0. The van der Waals surface area contributed by atoms with Gasteiger partial charge in [0.25, 0.3) is 0 Å². The number of carbonyl (C=O) groups is 2. The van der Waals surface area contributed by atoms with Crippen LogP contribution in [0, 0.1) is 5.41 Å². The van der Waals surface area contributed by atoms with Crippen LogP contribution in [0.1, 0.15) is 57.4 Å². The molecule has 1 aromatic rings. The minimum Gasteiger partial charge on any atom is -0.504 e. The Morgan fingerprint density at radius 2 is 2.07 bits per heavy atom. The molecule has 2 spiro atoms. The molecule has 0 aromatic heterocycles. The number of amides is 1. The first kappa shape index (κ1) is 17.6. The first-order chi connectivity index (χ1) is 13.9. The van der Waals surface area contributed by atoms with Gasteiger partial charge in [0.1, 0.15) is 0 Å². The van der Waals surface area contributed by atoms with Crippen molar-refractivity contribution in [2.75, 3.05) is 18.0 Å². The molecular weight excluding hydrogens is 372 g/mol. The Morgan fingerprint density at radius 3 is 2.86 bits per heavy atom. The molecule has 1 aliphatic carbocycles. The number of nitrogens with zero attached hydrogens (tertiary/aromatic N) is 2. The molecule has 4 heterocycles. The van der Waals surface area contributed by atoms with Crippen molar-refractivity contribution in [3.8, 4) is 11.5 Å². The number of carbonyl (C=O) groups excluding carboxylic acids is 2. The van der Waals surface area contributed by atoms with E-state index in [4.69, 9.17) is 4.74 Å². The van der Waals surface area contributed by atoms with Gasteiger partial charge in [-0.1, -0.05) is 13.0 Å². The molecular formula is C22H26N2O5. The maximum absolute atomic E-state index is 13.1. The second-order valence-electron chi connectivity index (χ2n) is 9.39. The maximum atomic E-state index is 13.1. The Bertz CT molecular complexity index is 963. The highest BCUT2D eigenvalue weighted by molar-refractivity contribution is 6.00. The standard InChI is InChI=1S/C22H26N2O5/c1-2-16(26)24-15-6-8-20-7-3-10-23-11-9-21(15,22(20,23)29-17(27)12-20)13-4-5-14(25)19(28)18(13)24/h4-5,15,25,28H,2-3,6-12H2,1H3/t15-,20-,21-,22+/m1/s1. The quantitative estimate of drug-likeness (QED) is 0.558. The first-order valence-electron chi connectivity index (χ1n) is 10.8. The van der Waals surface area contributed by atoms with Crippen molar-refractivity contribution in [3.63, 3.8) is 0 Å². The predicted octanol–water partition coefficient (Wildman–Crippen LogP) is 2.38. The molecule has 3 saturated heterocycles. The monoisotopic (exact) mass is 398 g/mol. The van der Waals surface area contributed by atoms with E-state index in [2.05, 4.69) is 4.90 Å². The number of hydrogen-bond acceptors (Lipinski definition) is 6. The zero-order chi connectivity index (χ0) is 20.2. The Balaban J connectivity index is 1.68. The van der Waals surface area contributed by atoms with E-state index in [0.29, 0.717) is 18.5 Å². The van der Waals surface area contributed by atoms with Crippen molar-refractivity contribution in [2.45, 2.75) is 69.1 Å². The summed E-state index contributed by atoms with van der Waals surface area (Å²) in [6.45, 7) is 3.50. The van der Waals surface area contributed by atoms with Crippen LogP contribution in [-0.2, 0) is 19.7 Å². The minimum atomic E-state index is -0.765. The van der Waals surface area contributed by atoms with E-state index in [1.807, 2.05) is 13.0 Å². The highest BCUT2D eigenvalue weighted by Crippen LogP contribution is 2.74. The van der Waals surface area contributed by atoms with Gasteiger partial charge >= 0.3 is 5.97 Å². The summed E-state index contributed by atoms with van der Waals surface area (Å²) in [4.78, 5) is 29.9. The smallest absolute Gasteiger partial charge is 0.308 e. The molecule has 154 valence electrons. The number of fused-ring (bicyclic) bond motifs is 1. The molecule has 7 heteroatoms. The van der Waals surface area contributed by atoms with Gasteiger partial charge in [0, 0.05) is 24.9 Å². The predicted molar refractivity (Wildman–Crippen MR) is 104 cm³/mol. The van der Waals surface area contributed by atoms with Crippen molar-refractivity contribution in [1.82, 2.24) is 4.90 Å². The summed E-state index contributed by atoms with van der Waals surface area (Å²) in [5.74, 6) is -0.688. The molecule has 4 aliphatic heterocycles. The molecule has 1 aromatic carbocycles. The van der Waals surface area contributed by atoms with E-state index < -0.39 is 11.1 Å². The van der Waals surface area contributed by atoms with Gasteiger partial charge < -0.3 is 19.8 Å². The largest absolute Gasteiger partial charge is 0.504 e. The van der Waals surface area contributed by atoms with E-state index in [1.165, 1.54) is 6.07 Å². The van der Waals surface area contributed by atoms with Crippen LogP contribution in [0.2, 0.25) is 0 Å². The fourth-order valence-electron chi connectivity index (χ4n) is 7.80. The molecule has 5 aliphatic rings. The van der Waals surface area contributed by atoms with E-state index in [0.717, 1.165) is 50.8 Å². The van der Waals surface area contributed by atoms with Crippen molar-refractivity contribution >= 4 is 17.6 Å². The SMILES string of the molecule is CCC(=O)N1c2c(ccc(O)c2O)[C@]23CCN4CCC[C@@]5(CC[C@@H]12)CC(=O)O[C@@]453. The minimum absolute atomic E-state index is 0.0727. The number of benzene rings is 1. The zero-order valence-electron chi connectivity index (χ0n) is 16.6. The zero-order valence-corrected chi connectivity index (χ0v) is 16.6. The third kappa shape index (κ3) is 1.65. The van der Waals surface area contributed by atoms with Crippen LogP contribution in [0.15, 0.2) is 12.1 Å². The number of hydrogen-bond donors (Lipinski definition) is 2. The van der Waals surface area contributed by atoms with Crippen molar-refractivity contribution in [2.24, 2.45) is 5.41 Å². The topological polar surface area (TPSA) is 90.3 Å². The second kappa shape index (κ2) is 5.25. The van der Waals surface area contributed by atoms with E-state index in [9.17, 15) is 19.8 Å². The normalized spacial score (nSPS) is 39.6. The Hall–Kier alpha value is -2.28. The number of esters is 1. The molecule has 4 atom stereocenters. The van der Waals surface area contributed by atoms with Crippen molar-refractivity contribution < 1.29 is 24.5 Å². The summed E-state index contributed by atoms with van der Waals surface area (Å²) in [6, 6.07) is 3.17. The summed E-state index contributed by atoms with van der Waals surface area (Å²) < 4.78 is 6.33. The van der Waals surface area contributed by atoms with Gasteiger partial charge in [0.05, 0.1) is 23.6 Å². The summed E-state index contributed by atoms with van der Waals surface area (Å²) in [7, 11) is 0. The van der Waals surface area contributed by atoms with Crippen LogP contribution in [0.4, 0.5) is 5.69 Å². The lowest BCUT2D eigenvalue weighted by Crippen LogP contribution is -2.73. The summed E-state index contributed by atoms with van der Waals surface area (Å²) in [5, 5.41) is 21.1. The lowest BCUT2D eigenvalue weighted by molar-refractivity contribution is -0.230. The molecule has 0 bridgehead atoms. The molecule has 7 nitrogen and oxygen atoms in total. The second-order valence-corrected chi connectivity index (χ2v) is 9.39. The first-order valence-corrected chi connectivity index (χ1v) is 10.8. The Morgan fingerprint density at radius 1 is 1.24 bits per heavy atom. The van der Waals surface area contributed by atoms with Crippen molar-refractivity contribution in [1.29, 1.82) is 0 Å². The van der Waals surface area contributed by atoms with Crippen LogP contribution in [0.3, 0.4) is 0 Å². The third-order valence-corrected chi connectivity index (χ3v) is 8.57. The van der Waals surface area contributed by atoms with Crippen LogP contribution in [0.5, 0.6) is 11.5 Å². The Kier molecular flexibility index (Phi) is 3.18. The molecule has 6 rings (SSSR count). The average Bonchev–Trinajstić information content (AvgIpc) is 3.30. The highest BCUT2D eigenvalue weighted by Gasteiger charge is 2.82. The Labute approximate surface area is 169 Å². The number of phenolic OH excluding ortho intramolecular Hbond substituents is 2. The van der Waals surface area contributed by atoms with Gasteiger partial charge in [-0.15, -0.1) is 0 Å². The summed E-state index contributed by atoms with van der Waals surface area (Å²) in [5.41, 5.74) is -0.307. The van der Waals surface area contributed by atoms with Crippen LogP contribution >= 0.6 is 0 Å². The fraction of sp³-hybridized carbons (Fsp3) is 0.636. The van der Waals surface area contributed by atoms with E-state index in [1.54, 1.807) is 4.90 Å². The number of anilines is 1. The maximum Gasteiger partial charge on any atom is 0.308 e. The van der Waals surface area contributed by atoms with Crippen LogP contribution in [-0.4, -0.2) is 51.8 Å². The molecule has 2 N–H and O–H groups in total. The number of phenols is 2. The number of aromatic hydroxyl groups is 2. The van der Waals surface area contributed by atoms with Gasteiger partial charge in [-0.2, -0.15) is 0 Å². The van der Waals surface area contributed by atoms with Gasteiger partial charge in [-0.05, 0) is 43.7 Å². The summed E-state index contributed by atoms with van der Waals surface area (Å²) in [6.07, 6.45) is 5.11. The molecule has 0 radical (unpaired) electrons.